The Kier molecular flexibility index (Phi) is 3.17. The second-order valence-electron chi connectivity index (χ2n) is 3.98. The number of aliphatic hydroxyl groups is 1. The summed E-state index contributed by atoms with van der Waals surface area (Å²) in [6, 6.07) is 6.20. The Morgan fingerprint density at radius 1 is 1.27 bits per heavy atom. The number of allylic oxidation sites excluding steroid dienone is 1. The molecule has 2 heteroatoms. The molecular weight excluding hydrogens is 191 g/mol. The van der Waals surface area contributed by atoms with Crippen molar-refractivity contribution in [2.24, 2.45) is 0 Å². The molecule has 15 heavy (non-hydrogen) atoms. The Morgan fingerprint density at radius 3 is 2.80 bits per heavy atom. The lowest BCUT2D eigenvalue weighted by molar-refractivity contribution is 0.208. The monoisotopic (exact) mass is 206 g/mol. The third-order valence-electron chi connectivity index (χ3n) is 2.84. The van der Waals surface area contributed by atoms with Gasteiger partial charge in [-0.25, -0.2) is 4.39 Å². The van der Waals surface area contributed by atoms with E-state index in [4.69, 9.17) is 0 Å². The molecule has 1 aromatic carbocycles. The van der Waals surface area contributed by atoms with Crippen LogP contribution in [0.15, 0.2) is 35.9 Å². The first kappa shape index (κ1) is 10.4. The smallest absolute Gasteiger partial charge is 0.123 e. The van der Waals surface area contributed by atoms with Crippen LogP contribution in [0.2, 0.25) is 0 Å². The molecule has 0 radical (unpaired) electrons. The number of hydrogen-bond acceptors (Lipinski definition) is 1. The van der Waals surface area contributed by atoms with Gasteiger partial charge in [0.2, 0.25) is 0 Å². The van der Waals surface area contributed by atoms with E-state index in [1.165, 1.54) is 18.6 Å². The highest BCUT2D eigenvalue weighted by Crippen LogP contribution is 2.29. The zero-order valence-corrected chi connectivity index (χ0v) is 8.62. The van der Waals surface area contributed by atoms with E-state index in [9.17, 15) is 9.50 Å². The second-order valence-corrected chi connectivity index (χ2v) is 3.98. The molecule has 1 N–H and O–H groups in total. The van der Waals surface area contributed by atoms with Crippen molar-refractivity contribution in [3.05, 3.63) is 47.3 Å². The normalized spacial score (nSPS) is 18.4. The van der Waals surface area contributed by atoms with Crippen molar-refractivity contribution in [1.82, 2.24) is 0 Å². The van der Waals surface area contributed by atoms with Crippen molar-refractivity contribution in [2.45, 2.75) is 31.8 Å². The second kappa shape index (κ2) is 4.58. The number of halogens is 1. The quantitative estimate of drug-likeness (QED) is 0.736. The average Bonchev–Trinajstić information content (AvgIpc) is 2.29. The van der Waals surface area contributed by atoms with Crippen LogP contribution < -0.4 is 0 Å². The summed E-state index contributed by atoms with van der Waals surface area (Å²) in [6.07, 6.45) is 5.73. The maximum Gasteiger partial charge on any atom is 0.123 e. The average molecular weight is 206 g/mol. The zero-order valence-electron chi connectivity index (χ0n) is 8.62. The first-order valence-electron chi connectivity index (χ1n) is 5.40. The minimum absolute atomic E-state index is 0.289. The van der Waals surface area contributed by atoms with Gasteiger partial charge in [-0.2, -0.15) is 0 Å². The molecule has 1 aliphatic rings. The fourth-order valence-corrected chi connectivity index (χ4v) is 2.00. The van der Waals surface area contributed by atoms with E-state index in [2.05, 4.69) is 6.08 Å². The summed E-state index contributed by atoms with van der Waals surface area (Å²) in [5, 5.41) is 10.0. The maximum absolute atomic E-state index is 13.0. The Bertz CT molecular complexity index is 371. The van der Waals surface area contributed by atoms with E-state index in [0.717, 1.165) is 24.8 Å². The van der Waals surface area contributed by atoms with Crippen LogP contribution in [0.4, 0.5) is 4.39 Å². The minimum Gasteiger partial charge on any atom is -0.384 e. The first-order valence-corrected chi connectivity index (χ1v) is 5.40. The molecule has 0 amide bonds. The lowest BCUT2D eigenvalue weighted by Crippen LogP contribution is -2.04. The number of hydrogen-bond donors (Lipinski definition) is 1. The number of aliphatic hydroxyl groups excluding tert-OH is 1. The van der Waals surface area contributed by atoms with Gasteiger partial charge in [0.1, 0.15) is 11.9 Å². The van der Waals surface area contributed by atoms with Crippen molar-refractivity contribution in [2.75, 3.05) is 0 Å². The summed E-state index contributed by atoms with van der Waals surface area (Å²) in [7, 11) is 0. The largest absolute Gasteiger partial charge is 0.384 e. The Labute approximate surface area is 89.3 Å². The van der Waals surface area contributed by atoms with Crippen molar-refractivity contribution >= 4 is 0 Å². The van der Waals surface area contributed by atoms with Gasteiger partial charge in [0.15, 0.2) is 0 Å². The molecule has 0 bridgehead atoms. The molecule has 0 spiro atoms. The van der Waals surface area contributed by atoms with Crippen molar-refractivity contribution in [3.63, 3.8) is 0 Å². The molecule has 0 aliphatic heterocycles. The minimum atomic E-state index is -0.624. The SMILES string of the molecule is OC(C1=CCCCC1)c1cccc(F)c1. The summed E-state index contributed by atoms with van der Waals surface area (Å²) < 4.78 is 13.0. The fraction of sp³-hybridized carbons (Fsp3) is 0.385. The topological polar surface area (TPSA) is 20.2 Å². The predicted octanol–water partition coefficient (Wildman–Crippen LogP) is 3.36. The lowest BCUT2D eigenvalue weighted by Gasteiger charge is -2.18. The van der Waals surface area contributed by atoms with Gasteiger partial charge in [-0.3, -0.25) is 0 Å². The van der Waals surface area contributed by atoms with Crippen molar-refractivity contribution in [1.29, 1.82) is 0 Å². The molecular formula is C13H15FO. The van der Waals surface area contributed by atoms with E-state index in [1.54, 1.807) is 12.1 Å². The summed E-state index contributed by atoms with van der Waals surface area (Å²) >= 11 is 0. The highest BCUT2D eigenvalue weighted by atomic mass is 19.1. The van der Waals surface area contributed by atoms with Crippen LogP contribution in [0.5, 0.6) is 0 Å². The predicted molar refractivity (Wildman–Crippen MR) is 57.9 cm³/mol. The van der Waals surface area contributed by atoms with Gasteiger partial charge in [0, 0.05) is 0 Å². The van der Waals surface area contributed by atoms with Crippen LogP contribution in [-0.4, -0.2) is 5.11 Å². The van der Waals surface area contributed by atoms with Gasteiger partial charge < -0.3 is 5.11 Å². The maximum atomic E-state index is 13.0. The van der Waals surface area contributed by atoms with Gasteiger partial charge in [-0.1, -0.05) is 18.2 Å². The number of benzene rings is 1. The zero-order chi connectivity index (χ0) is 10.7. The molecule has 80 valence electrons. The molecule has 1 aliphatic carbocycles. The van der Waals surface area contributed by atoms with E-state index < -0.39 is 6.10 Å². The lowest BCUT2D eigenvalue weighted by atomic mass is 9.92. The molecule has 1 aromatic rings. The van der Waals surface area contributed by atoms with Crippen molar-refractivity contribution in [3.8, 4) is 0 Å². The summed E-state index contributed by atoms with van der Waals surface area (Å²) in [5.41, 5.74) is 1.69. The van der Waals surface area contributed by atoms with E-state index in [0.29, 0.717) is 5.56 Å². The Hall–Kier alpha value is -1.15. The standard InChI is InChI=1S/C13H15FO/c14-12-8-4-7-11(9-12)13(15)10-5-2-1-3-6-10/h4-5,7-9,13,15H,1-3,6H2. The van der Waals surface area contributed by atoms with Gasteiger partial charge in [0.25, 0.3) is 0 Å². The summed E-state index contributed by atoms with van der Waals surface area (Å²) in [5.74, 6) is -0.289. The summed E-state index contributed by atoms with van der Waals surface area (Å²) in [6.45, 7) is 0. The van der Waals surface area contributed by atoms with Crippen LogP contribution in [0, 0.1) is 5.82 Å². The molecule has 0 fully saturated rings. The Morgan fingerprint density at radius 2 is 2.13 bits per heavy atom. The van der Waals surface area contributed by atoms with Crippen LogP contribution in [0.3, 0.4) is 0 Å². The molecule has 0 saturated heterocycles. The molecule has 2 rings (SSSR count). The van der Waals surface area contributed by atoms with E-state index in [1.807, 2.05) is 0 Å². The fourth-order valence-electron chi connectivity index (χ4n) is 2.00. The molecule has 1 unspecified atom stereocenters. The third-order valence-corrected chi connectivity index (χ3v) is 2.84. The number of rotatable bonds is 2. The van der Waals surface area contributed by atoms with Gasteiger partial charge in [-0.05, 0) is 49.0 Å². The highest BCUT2D eigenvalue weighted by Gasteiger charge is 2.15. The molecule has 0 heterocycles. The molecule has 1 atom stereocenters. The van der Waals surface area contributed by atoms with Crippen LogP contribution in [0.25, 0.3) is 0 Å². The third kappa shape index (κ3) is 2.45. The van der Waals surface area contributed by atoms with Crippen LogP contribution in [0.1, 0.15) is 37.4 Å². The van der Waals surface area contributed by atoms with Gasteiger partial charge in [-0.15, -0.1) is 0 Å². The van der Waals surface area contributed by atoms with Crippen LogP contribution >= 0.6 is 0 Å². The van der Waals surface area contributed by atoms with Gasteiger partial charge in [0.05, 0.1) is 0 Å². The van der Waals surface area contributed by atoms with Crippen molar-refractivity contribution < 1.29 is 9.50 Å². The molecule has 0 aromatic heterocycles. The Balaban J connectivity index is 2.19. The van der Waals surface area contributed by atoms with Gasteiger partial charge >= 0.3 is 0 Å². The highest BCUT2D eigenvalue weighted by molar-refractivity contribution is 5.27. The summed E-state index contributed by atoms with van der Waals surface area (Å²) in [4.78, 5) is 0. The van der Waals surface area contributed by atoms with E-state index >= 15 is 0 Å². The molecule has 1 nitrogen and oxygen atoms in total. The van der Waals surface area contributed by atoms with Crippen LogP contribution in [-0.2, 0) is 0 Å². The molecule has 0 saturated carbocycles. The van der Waals surface area contributed by atoms with E-state index in [-0.39, 0.29) is 5.82 Å². The first-order chi connectivity index (χ1) is 7.27.